The molecule has 0 aromatic rings. The van der Waals surface area contributed by atoms with Gasteiger partial charge in [-0.15, -0.1) is 0 Å². The number of nitrogens with one attached hydrogen (secondary N) is 1. The molecular formula is C14H25N3OS. The molecule has 0 radical (unpaired) electrons. The lowest BCUT2D eigenvalue weighted by Crippen LogP contribution is -2.50. The fourth-order valence-corrected chi connectivity index (χ4v) is 4.85. The van der Waals surface area contributed by atoms with Gasteiger partial charge in [-0.1, -0.05) is 0 Å². The molecule has 19 heavy (non-hydrogen) atoms. The van der Waals surface area contributed by atoms with E-state index >= 15 is 0 Å². The second kappa shape index (κ2) is 5.62. The van der Waals surface area contributed by atoms with Crippen LogP contribution in [0, 0.1) is 5.41 Å². The number of nitrogens with two attached hydrogens (primary N) is 1. The van der Waals surface area contributed by atoms with Crippen LogP contribution in [0.25, 0.3) is 0 Å². The first-order valence-electron chi connectivity index (χ1n) is 7.49. The zero-order chi connectivity index (χ0) is 13.3. The van der Waals surface area contributed by atoms with Crippen LogP contribution in [0.2, 0.25) is 0 Å². The Morgan fingerprint density at radius 2 is 2.21 bits per heavy atom. The highest BCUT2D eigenvalue weighted by Gasteiger charge is 2.44. The van der Waals surface area contributed by atoms with Crippen molar-refractivity contribution >= 4 is 17.6 Å². The van der Waals surface area contributed by atoms with E-state index < -0.39 is 0 Å². The third-order valence-electron chi connectivity index (χ3n) is 4.66. The summed E-state index contributed by atoms with van der Waals surface area (Å²) in [7, 11) is 0. The summed E-state index contributed by atoms with van der Waals surface area (Å²) in [5.41, 5.74) is 5.70. The van der Waals surface area contributed by atoms with E-state index in [1.807, 2.05) is 11.8 Å². The molecule has 3 rings (SSSR count). The van der Waals surface area contributed by atoms with Crippen LogP contribution in [-0.4, -0.2) is 53.1 Å². The third-order valence-corrected chi connectivity index (χ3v) is 5.88. The summed E-state index contributed by atoms with van der Waals surface area (Å²) in [6.45, 7) is 1.88. The molecule has 3 fully saturated rings. The molecule has 2 saturated heterocycles. The fourth-order valence-electron chi connectivity index (χ4n) is 3.47. The summed E-state index contributed by atoms with van der Waals surface area (Å²) in [6.07, 6.45) is 6.94. The summed E-state index contributed by atoms with van der Waals surface area (Å²) in [5.74, 6) is 2.75. The van der Waals surface area contributed by atoms with Crippen LogP contribution in [0.15, 0.2) is 0 Å². The molecule has 2 aliphatic heterocycles. The van der Waals surface area contributed by atoms with E-state index in [9.17, 15) is 0 Å². The Balaban J connectivity index is 1.62. The minimum absolute atomic E-state index is 0.164. The highest BCUT2D eigenvalue weighted by Crippen LogP contribution is 2.41. The first-order valence-corrected chi connectivity index (χ1v) is 8.64. The summed E-state index contributed by atoms with van der Waals surface area (Å²) in [4.78, 5) is 2.63. The van der Waals surface area contributed by atoms with E-state index in [2.05, 4.69) is 4.90 Å². The maximum Gasteiger partial charge on any atom is 0.0918 e. The average Bonchev–Trinajstić information content (AvgIpc) is 3.12. The monoisotopic (exact) mass is 283 g/mol. The molecule has 0 aromatic carbocycles. The number of thioether (sulfide) groups is 1. The second-order valence-electron chi connectivity index (χ2n) is 6.22. The SMILES string of the molecule is N=C(N)CCN(C1CC1)C1CCOC2(CCSC2)C1. The number of nitrogens with zero attached hydrogens (tertiary/aromatic N) is 1. The van der Waals surface area contributed by atoms with Crippen molar-refractivity contribution in [3.05, 3.63) is 0 Å². The number of ether oxygens (including phenoxy) is 1. The van der Waals surface area contributed by atoms with E-state index in [0.29, 0.717) is 11.9 Å². The minimum atomic E-state index is 0.164. The maximum atomic E-state index is 7.45. The molecule has 0 bridgehead atoms. The number of hydrogen-bond donors (Lipinski definition) is 2. The largest absolute Gasteiger partial charge is 0.388 e. The van der Waals surface area contributed by atoms with Gasteiger partial charge in [0.1, 0.15) is 0 Å². The number of hydrogen-bond acceptors (Lipinski definition) is 4. The quantitative estimate of drug-likeness (QED) is 0.597. The zero-order valence-electron chi connectivity index (χ0n) is 11.6. The predicted molar refractivity (Wildman–Crippen MR) is 79.9 cm³/mol. The summed E-state index contributed by atoms with van der Waals surface area (Å²) in [5, 5.41) is 7.45. The molecule has 1 aliphatic carbocycles. The van der Waals surface area contributed by atoms with Gasteiger partial charge in [0.2, 0.25) is 0 Å². The molecule has 5 heteroatoms. The summed E-state index contributed by atoms with van der Waals surface area (Å²) in [6, 6.07) is 1.41. The maximum absolute atomic E-state index is 7.45. The van der Waals surface area contributed by atoms with E-state index in [4.69, 9.17) is 15.9 Å². The van der Waals surface area contributed by atoms with Gasteiger partial charge in [0.25, 0.3) is 0 Å². The van der Waals surface area contributed by atoms with Gasteiger partial charge in [-0.3, -0.25) is 10.3 Å². The Morgan fingerprint density at radius 1 is 1.37 bits per heavy atom. The first-order chi connectivity index (χ1) is 9.19. The van der Waals surface area contributed by atoms with Gasteiger partial charge in [-0.05, 0) is 37.9 Å². The van der Waals surface area contributed by atoms with Gasteiger partial charge in [-0.25, -0.2) is 0 Å². The molecule has 2 heterocycles. The van der Waals surface area contributed by atoms with E-state index in [1.54, 1.807) is 0 Å². The molecule has 2 unspecified atom stereocenters. The van der Waals surface area contributed by atoms with Gasteiger partial charge in [0, 0.05) is 37.4 Å². The molecule has 0 amide bonds. The standard InChI is InChI=1S/C14H25N3OS/c15-13(16)3-6-17(11-1-2-11)12-4-7-18-14(9-12)5-8-19-10-14/h11-12H,1-10H2,(H3,15,16). The van der Waals surface area contributed by atoms with Crippen LogP contribution in [0.5, 0.6) is 0 Å². The summed E-state index contributed by atoms with van der Waals surface area (Å²) >= 11 is 2.04. The van der Waals surface area contributed by atoms with Crippen molar-refractivity contribution in [3.63, 3.8) is 0 Å². The van der Waals surface area contributed by atoms with Gasteiger partial charge in [0.15, 0.2) is 0 Å². The Labute approximate surface area is 119 Å². The topological polar surface area (TPSA) is 62.3 Å². The van der Waals surface area contributed by atoms with Crippen molar-refractivity contribution in [1.82, 2.24) is 4.90 Å². The highest BCUT2D eigenvalue weighted by molar-refractivity contribution is 7.99. The molecule has 108 valence electrons. The molecule has 3 N–H and O–H groups in total. The number of rotatable bonds is 5. The van der Waals surface area contributed by atoms with Crippen molar-refractivity contribution < 1.29 is 4.74 Å². The number of amidine groups is 1. The van der Waals surface area contributed by atoms with Crippen LogP contribution < -0.4 is 5.73 Å². The average molecular weight is 283 g/mol. The van der Waals surface area contributed by atoms with Crippen molar-refractivity contribution in [2.75, 3.05) is 24.7 Å². The van der Waals surface area contributed by atoms with E-state index in [1.165, 1.54) is 37.2 Å². The second-order valence-corrected chi connectivity index (χ2v) is 7.33. The Morgan fingerprint density at radius 3 is 2.84 bits per heavy atom. The minimum Gasteiger partial charge on any atom is -0.388 e. The molecule has 2 atom stereocenters. The van der Waals surface area contributed by atoms with Gasteiger partial charge in [0.05, 0.1) is 11.4 Å². The molecule has 0 aromatic heterocycles. The highest BCUT2D eigenvalue weighted by atomic mass is 32.2. The Kier molecular flexibility index (Phi) is 4.06. The molecule has 4 nitrogen and oxygen atoms in total. The molecule has 3 aliphatic rings. The van der Waals surface area contributed by atoms with Crippen molar-refractivity contribution in [2.45, 2.75) is 56.2 Å². The van der Waals surface area contributed by atoms with Crippen LogP contribution in [0.1, 0.15) is 38.5 Å². The normalized spacial score (nSPS) is 35.1. The van der Waals surface area contributed by atoms with Gasteiger partial charge in [-0.2, -0.15) is 11.8 Å². The van der Waals surface area contributed by atoms with E-state index in [-0.39, 0.29) is 5.60 Å². The van der Waals surface area contributed by atoms with Crippen LogP contribution in [0.4, 0.5) is 0 Å². The van der Waals surface area contributed by atoms with Gasteiger partial charge < -0.3 is 10.5 Å². The molecule has 1 spiro atoms. The Bertz CT molecular complexity index is 340. The van der Waals surface area contributed by atoms with Crippen LogP contribution in [0.3, 0.4) is 0 Å². The summed E-state index contributed by atoms with van der Waals surface area (Å²) < 4.78 is 6.12. The van der Waals surface area contributed by atoms with Crippen molar-refractivity contribution in [3.8, 4) is 0 Å². The van der Waals surface area contributed by atoms with Crippen LogP contribution >= 0.6 is 11.8 Å². The lowest BCUT2D eigenvalue weighted by atomic mass is 9.89. The first kappa shape index (κ1) is 13.7. The van der Waals surface area contributed by atoms with Gasteiger partial charge >= 0.3 is 0 Å². The molecular weight excluding hydrogens is 258 g/mol. The lowest BCUT2D eigenvalue weighted by Gasteiger charge is -2.43. The smallest absolute Gasteiger partial charge is 0.0918 e. The predicted octanol–water partition coefficient (Wildman–Crippen LogP) is 1.83. The fraction of sp³-hybridized carbons (Fsp3) is 0.929. The van der Waals surface area contributed by atoms with Crippen molar-refractivity contribution in [1.29, 1.82) is 5.41 Å². The third kappa shape index (κ3) is 3.26. The Hall–Kier alpha value is -0.260. The van der Waals surface area contributed by atoms with Crippen LogP contribution in [-0.2, 0) is 4.74 Å². The zero-order valence-corrected chi connectivity index (χ0v) is 12.4. The molecule has 1 saturated carbocycles. The lowest BCUT2D eigenvalue weighted by molar-refractivity contribution is -0.0904. The van der Waals surface area contributed by atoms with E-state index in [0.717, 1.165) is 32.0 Å². The van der Waals surface area contributed by atoms with Crippen molar-refractivity contribution in [2.24, 2.45) is 5.73 Å².